The Hall–Kier alpha value is -2.86. The van der Waals surface area contributed by atoms with Crippen molar-refractivity contribution in [2.24, 2.45) is 5.92 Å². The average Bonchev–Trinajstić information content (AvgIpc) is 2.58. The first-order chi connectivity index (χ1) is 12.4. The van der Waals surface area contributed by atoms with Gasteiger partial charge in [-0.1, -0.05) is 37.6 Å². The molecule has 26 heavy (non-hydrogen) atoms. The zero-order valence-corrected chi connectivity index (χ0v) is 15.1. The summed E-state index contributed by atoms with van der Waals surface area (Å²) in [6, 6.07) is 9.99. The summed E-state index contributed by atoms with van der Waals surface area (Å²) in [7, 11) is 0. The van der Waals surface area contributed by atoms with E-state index in [0.29, 0.717) is 22.5 Å². The number of aromatic nitrogens is 2. The molecule has 0 fully saturated rings. The van der Waals surface area contributed by atoms with E-state index in [0.717, 1.165) is 0 Å². The largest absolute Gasteiger partial charge is 0.506 e. The van der Waals surface area contributed by atoms with Crippen LogP contribution in [0.2, 0.25) is 5.02 Å². The van der Waals surface area contributed by atoms with Gasteiger partial charge in [-0.05, 0) is 30.2 Å². The quantitative estimate of drug-likeness (QED) is 0.733. The molecule has 2 aromatic heterocycles. The van der Waals surface area contributed by atoms with Crippen LogP contribution in [0.3, 0.4) is 0 Å². The predicted octanol–water partition coefficient (Wildman–Crippen LogP) is 3.66. The SMILES string of the molecule is CC(C)Cn1c(=O)c(C(=O)Nc2cc(Cl)ccn2)c(O)c2ccccc21. The highest BCUT2D eigenvalue weighted by Crippen LogP contribution is 2.27. The number of fused-ring (bicyclic) bond motifs is 1. The highest BCUT2D eigenvalue weighted by molar-refractivity contribution is 6.30. The summed E-state index contributed by atoms with van der Waals surface area (Å²) in [5.41, 5.74) is -0.276. The van der Waals surface area contributed by atoms with Crippen molar-refractivity contribution in [2.75, 3.05) is 5.32 Å². The van der Waals surface area contributed by atoms with Crippen molar-refractivity contribution in [1.82, 2.24) is 9.55 Å². The molecule has 1 amide bonds. The summed E-state index contributed by atoms with van der Waals surface area (Å²) in [6.45, 7) is 4.38. The van der Waals surface area contributed by atoms with E-state index in [1.165, 1.54) is 16.8 Å². The van der Waals surface area contributed by atoms with Crippen LogP contribution >= 0.6 is 11.6 Å². The van der Waals surface area contributed by atoms with Gasteiger partial charge in [0, 0.05) is 23.2 Å². The molecule has 0 saturated heterocycles. The monoisotopic (exact) mass is 371 g/mol. The van der Waals surface area contributed by atoms with Crippen LogP contribution < -0.4 is 10.9 Å². The lowest BCUT2D eigenvalue weighted by atomic mass is 10.1. The third kappa shape index (κ3) is 3.41. The van der Waals surface area contributed by atoms with Gasteiger partial charge < -0.3 is 15.0 Å². The van der Waals surface area contributed by atoms with Crippen molar-refractivity contribution < 1.29 is 9.90 Å². The molecule has 1 aromatic carbocycles. The number of rotatable bonds is 4. The number of carbonyl (C=O) groups is 1. The Morgan fingerprint density at radius 1 is 1.31 bits per heavy atom. The second-order valence-electron chi connectivity index (χ2n) is 6.36. The fraction of sp³-hybridized carbons (Fsp3) is 0.211. The van der Waals surface area contributed by atoms with Crippen LogP contribution in [0.5, 0.6) is 5.75 Å². The molecule has 0 radical (unpaired) electrons. The van der Waals surface area contributed by atoms with Gasteiger partial charge in [0.25, 0.3) is 11.5 Å². The number of halogens is 1. The van der Waals surface area contributed by atoms with Crippen molar-refractivity contribution in [3.8, 4) is 5.75 Å². The van der Waals surface area contributed by atoms with Crippen molar-refractivity contribution in [3.63, 3.8) is 0 Å². The highest BCUT2D eigenvalue weighted by Gasteiger charge is 2.22. The summed E-state index contributed by atoms with van der Waals surface area (Å²) in [5, 5.41) is 13.9. The van der Waals surface area contributed by atoms with E-state index < -0.39 is 11.5 Å². The number of pyridine rings is 2. The highest BCUT2D eigenvalue weighted by atomic mass is 35.5. The molecule has 0 aliphatic rings. The van der Waals surface area contributed by atoms with Gasteiger partial charge in [0.1, 0.15) is 17.1 Å². The first kappa shape index (κ1) is 17.9. The smallest absolute Gasteiger partial charge is 0.267 e. The second-order valence-corrected chi connectivity index (χ2v) is 6.80. The van der Waals surface area contributed by atoms with Crippen molar-refractivity contribution in [2.45, 2.75) is 20.4 Å². The molecule has 0 saturated carbocycles. The molecule has 7 heteroatoms. The van der Waals surface area contributed by atoms with Crippen molar-refractivity contribution in [1.29, 1.82) is 0 Å². The van der Waals surface area contributed by atoms with E-state index in [9.17, 15) is 14.7 Å². The summed E-state index contributed by atoms with van der Waals surface area (Å²) in [5.74, 6) is -0.688. The molecular weight excluding hydrogens is 354 g/mol. The molecule has 6 nitrogen and oxygen atoms in total. The predicted molar refractivity (Wildman–Crippen MR) is 102 cm³/mol. The minimum absolute atomic E-state index is 0.186. The Morgan fingerprint density at radius 2 is 2.04 bits per heavy atom. The molecule has 2 N–H and O–H groups in total. The molecule has 0 spiro atoms. The molecule has 0 unspecified atom stereocenters. The lowest BCUT2D eigenvalue weighted by molar-refractivity contribution is 0.102. The number of anilines is 1. The Kier molecular flexibility index (Phi) is 4.95. The number of nitrogens with one attached hydrogen (secondary N) is 1. The number of amides is 1. The Bertz CT molecular complexity index is 1040. The zero-order chi connectivity index (χ0) is 18.8. The summed E-state index contributed by atoms with van der Waals surface area (Å²) < 4.78 is 1.51. The van der Waals surface area contributed by atoms with Crippen LogP contribution in [0.15, 0.2) is 47.4 Å². The van der Waals surface area contributed by atoms with E-state index in [4.69, 9.17) is 11.6 Å². The first-order valence-electron chi connectivity index (χ1n) is 8.16. The number of nitrogens with zero attached hydrogens (tertiary/aromatic N) is 2. The molecule has 0 atom stereocenters. The van der Waals surface area contributed by atoms with Crippen LogP contribution in [0.4, 0.5) is 5.82 Å². The van der Waals surface area contributed by atoms with Crippen LogP contribution in [-0.4, -0.2) is 20.6 Å². The lowest BCUT2D eigenvalue weighted by Gasteiger charge is -2.16. The Morgan fingerprint density at radius 3 is 2.73 bits per heavy atom. The molecule has 2 heterocycles. The van der Waals surface area contributed by atoms with E-state index in [2.05, 4.69) is 10.3 Å². The van der Waals surface area contributed by atoms with Crippen LogP contribution in [0, 0.1) is 5.92 Å². The third-order valence-corrected chi connectivity index (χ3v) is 4.12. The molecule has 0 aliphatic carbocycles. The zero-order valence-electron chi connectivity index (χ0n) is 14.4. The first-order valence-corrected chi connectivity index (χ1v) is 8.53. The number of hydrogen-bond acceptors (Lipinski definition) is 4. The van der Waals surface area contributed by atoms with Gasteiger partial charge in [0.2, 0.25) is 0 Å². The summed E-state index contributed by atoms with van der Waals surface area (Å²) >= 11 is 5.89. The minimum Gasteiger partial charge on any atom is -0.506 e. The normalized spacial score (nSPS) is 11.1. The minimum atomic E-state index is -0.731. The van der Waals surface area contributed by atoms with Gasteiger partial charge in [-0.25, -0.2) is 4.98 Å². The molecule has 3 aromatic rings. The summed E-state index contributed by atoms with van der Waals surface area (Å²) in [6.07, 6.45) is 1.44. The molecular formula is C19H18ClN3O3. The maximum Gasteiger partial charge on any atom is 0.267 e. The number of para-hydroxylation sites is 1. The van der Waals surface area contributed by atoms with E-state index in [1.54, 1.807) is 30.3 Å². The fourth-order valence-electron chi connectivity index (χ4n) is 2.79. The Balaban J connectivity index is 2.16. The second kappa shape index (κ2) is 7.17. The van der Waals surface area contributed by atoms with Gasteiger partial charge in [-0.2, -0.15) is 0 Å². The topological polar surface area (TPSA) is 84.2 Å². The van der Waals surface area contributed by atoms with E-state index in [-0.39, 0.29) is 23.0 Å². The number of hydrogen-bond donors (Lipinski definition) is 2. The maximum atomic E-state index is 12.9. The van der Waals surface area contributed by atoms with Crippen molar-refractivity contribution >= 4 is 34.2 Å². The van der Waals surface area contributed by atoms with E-state index in [1.807, 2.05) is 13.8 Å². The van der Waals surface area contributed by atoms with Gasteiger partial charge in [-0.15, -0.1) is 0 Å². The van der Waals surface area contributed by atoms with Crippen LogP contribution in [0.25, 0.3) is 10.9 Å². The van der Waals surface area contributed by atoms with Gasteiger partial charge in [-0.3, -0.25) is 9.59 Å². The molecule has 0 aliphatic heterocycles. The average molecular weight is 372 g/mol. The molecule has 0 bridgehead atoms. The number of benzene rings is 1. The lowest BCUT2D eigenvalue weighted by Crippen LogP contribution is -2.31. The third-order valence-electron chi connectivity index (χ3n) is 3.88. The van der Waals surface area contributed by atoms with Crippen LogP contribution in [0.1, 0.15) is 24.2 Å². The fourth-order valence-corrected chi connectivity index (χ4v) is 2.95. The standard InChI is InChI=1S/C19H18ClN3O3/c1-11(2)10-23-14-6-4-3-5-13(14)17(24)16(19(23)26)18(25)22-15-9-12(20)7-8-21-15/h3-9,11,24H,10H2,1-2H3,(H,21,22,25). The van der Waals surface area contributed by atoms with E-state index >= 15 is 0 Å². The Labute approximate surface area is 155 Å². The maximum absolute atomic E-state index is 12.9. The van der Waals surface area contributed by atoms with Crippen LogP contribution in [-0.2, 0) is 6.54 Å². The van der Waals surface area contributed by atoms with Gasteiger partial charge in [0.15, 0.2) is 0 Å². The molecule has 3 rings (SSSR count). The number of carbonyl (C=O) groups excluding carboxylic acids is 1. The van der Waals surface area contributed by atoms with Gasteiger partial charge in [0.05, 0.1) is 5.52 Å². The van der Waals surface area contributed by atoms with Crippen molar-refractivity contribution in [3.05, 3.63) is 63.5 Å². The number of aromatic hydroxyl groups is 1. The summed E-state index contributed by atoms with van der Waals surface area (Å²) in [4.78, 5) is 29.6. The van der Waals surface area contributed by atoms with Gasteiger partial charge >= 0.3 is 0 Å². The molecule has 134 valence electrons.